The molecule has 2 aliphatic heterocycles. The van der Waals surface area contributed by atoms with Crippen LogP contribution >= 0.6 is 11.6 Å². The quantitative estimate of drug-likeness (QED) is 0.703. The molecule has 1 amide bonds. The van der Waals surface area contributed by atoms with Crippen molar-refractivity contribution in [2.24, 2.45) is 5.41 Å². The van der Waals surface area contributed by atoms with Crippen molar-refractivity contribution in [3.8, 4) is 0 Å². The van der Waals surface area contributed by atoms with Crippen molar-refractivity contribution in [3.05, 3.63) is 28.8 Å². The molecule has 162 valence electrons. The van der Waals surface area contributed by atoms with Gasteiger partial charge in [0.15, 0.2) is 0 Å². The van der Waals surface area contributed by atoms with Gasteiger partial charge < -0.3 is 4.90 Å². The van der Waals surface area contributed by atoms with E-state index in [0.717, 1.165) is 38.9 Å². The summed E-state index contributed by atoms with van der Waals surface area (Å²) in [6, 6.07) is 4.47. The van der Waals surface area contributed by atoms with Crippen LogP contribution in [0.1, 0.15) is 50.4 Å². The van der Waals surface area contributed by atoms with Crippen LogP contribution in [0.5, 0.6) is 0 Å². The highest BCUT2D eigenvalue weighted by Gasteiger charge is 2.30. The molecule has 0 aromatic heterocycles. The second kappa shape index (κ2) is 8.92. The van der Waals surface area contributed by atoms with Crippen LogP contribution in [-0.2, 0) is 10.0 Å². The molecule has 0 aliphatic carbocycles. The van der Waals surface area contributed by atoms with Crippen LogP contribution in [-0.4, -0.2) is 74.2 Å². The van der Waals surface area contributed by atoms with Crippen LogP contribution in [0.4, 0.5) is 0 Å². The summed E-state index contributed by atoms with van der Waals surface area (Å²) in [5, 5.41) is 0.297. The minimum atomic E-state index is -3.58. The Morgan fingerprint density at radius 2 is 1.66 bits per heavy atom. The number of hydrogen-bond acceptors (Lipinski definition) is 4. The fourth-order valence-corrected chi connectivity index (χ4v) is 5.49. The molecule has 0 atom stereocenters. The SMILES string of the molecule is CC(C)(C)CCN1CCN(C(=O)c2cc(S(=O)(=O)N3CCCC3)ccc2Cl)CC1. The van der Waals surface area contributed by atoms with Gasteiger partial charge >= 0.3 is 0 Å². The third-order valence-corrected chi connectivity index (χ3v) is 7.93. The van der Waals surface area contributed by atoms with Gasteiger partial charge in [0.2, 0.25) is 10.0 Å². The highest BCUT2D eigenvalue weighted by atomic mass is 35.5. The zero-order valence-corrected chi connectivity index (χ0v) is 19.2. The lowest BCUT2D eigenvalue weighted by Gasteiger charge is -2.36. The predicted molar refractivity (Wildman–Crippen MR) is 116 cm³/mol. The van der Waals surface area contributed by atoms with Crippen molar-refractivity contribution in [2.45, 2.75) is 44.9 Å². The Balaban J connectivity index is 1.68. The number of nitrogens with zero attached hydrogens (tertiary/aromatic N) is 3. The molecule has 2 saturated heterocycles. The Morgan fingerprint density at radius 1 is 1.03 bits per heavy atom. The Hall–Kier alpha value is -1.15. The Kier molecular flexibility index (Phi) is 6.93. The molecule has 0 N–H and O–H groups in total. The van der Waals surface area contributed by atoms with Gasteiger partial charge in [-0.05, 0) is 49.4 Å². The monoisotopic (exact) mass is 441 g/mol. The van der Waals surface area contributed by atoms with E-state index in [2.05, 4.69) is 25.7 Å². The molecule has 2 heterocycles. The number of piperazine rings is 1. The third-order valence-electron chi connectivity index (χ3n) is 5.71. The molecule has 0 unspecified atom stereocenters. The zero-order chi connectivity index (χ0) is 21.2. The number of benzene rings is 1. The van der Waals surface area contributed by atoms with Crippen molar-refractivity contribution < 1.29 is 13.2 Å². The molecule has 1 aromatic rings. The minimum Gasteiger partial charge on any atom is -0.336 e. The summed E-state index contributed by atoms with van der Waals surface area (Å²) in [6.07, 6.45) is 2.86. The number of halogens is 1. The molecule has 6 nitrogen and oxygen atoms in total. The van der Waals surface area contributed by atoms with Gasteiger partial charge in [-0.25, -0.2) is 8.42 Å². The van der Waals surface area contributed by atoms with Crippen molar-refractivity contribution in [2.75, 3.05) is 45.8 Å². The van der Waals surface area contributed by atoms with E-state index in [1.165, 1.54) is 22.5 Å². The topological polar surface area (TPSA) is 60.9 Å². The first-order chi connectivity index (χ1) is 13.6. The highest BCUT2D eigenvalue weighted by Crippen LogP contribution is 2.27. The molecule has 1 aromatic carbocycles. The average Bonchev–Trinajstić information content (AvgIpc) is 3.21. The van der Waals surface area contributed by atoms with E-state index >= 15 is 0 Å². The lowest BCUT2D eigenvalue weighted by atomic mass is 9.92. The maximum Gasteiger partial charge on any atom is 0.255 e. The number of carbonyl (C=O) groups excluding carboxylic acids is 1. The fraction of sp³-hybridized carbons (Fsp3) is 0.667. The largest absolute Gasteiger partial charge is 0.336 e. The van der Waals surface area contributed by atoms with Gasteiger partial charge in [-0.3, -0.25) is 9.69 Å². The minimum absolute atomic E-state index is 0.149. The van der Waals surface area contributed by atoms with E-state index in [1.54, 1.807) is 4.90 Å². The lowest BCUT2D eigenvalue weighted by Crippen LogP contribution is -2.49. The van der Waals surface area contributed by atoms with Crippen molar-refractivity contribution >= 4 is 27.5 Å². The van der Waals surface area contributed by atoms with E-state index in [0.29, 0.717) is 36.6 Å². The van der Waals surface area contributed by atoms with E-state index in [4.69, 9.17) is 11.6 Å². The number of rotatable bonds is 5. The number of amides is 1. The molecule has 0 spiro atoms. The number of sulfonamides is 1. The van der Waals surface area contributed by atoms with E-state index in [9.17, 15) is 13.2 Å². The summed E-state index contributed by atoms with van der Waals surface area (Å²) in [7, 11) is -3.58. The number of hydrogen-bond donors (Lipinski definition) is 0. The van der Waals surface area contributed by atoms with Gasteiger partial charge in [0.1, 0.15) is 0 Å². The molecule has 3 rings (SSSR count). The van der Waals surface area contributed by atoms with Crippen LogP contribution in [0.15, 0.2) is 23.1 Å². The van der Waals surface area contributed by atoms with Gasteiger partial charge in [0.25, 0.3) is 5.91 Å². The van der Waals surface area contributed by atoms with Crippen molar-refractivity contribution in [3.63, 3.8) is 0 Å². The summed E-state index contributed by atoms with van der Waals surface area (Å²) < 4.78 is 27.2. The predicted octanol–water partition coefficient (Wildman–Crippen LogP) is 3.32. The van der Waals surface area contributed by atoms with Gasteiger partial charge in [0.05, 0.1) is 15.5 Å². The second-order valence-corrected chi connectivity index (χ2v) is 11.5. The number of carbonyl (C=O) groups is 1. The van der Waals surface area contributed by atoms with Crippen LogP contribution in [0.2, 0.25) is 5.02 Å². The third kappa shape index (κ3) is 5.51. The molecule has 29 heavy (non-hydrogen) atoms. The first-order valence-corrected chi connectivity index (χ1v) is 12.2. The molecule has 8 heteroatoms. The van der Waals surface area contributed by atoms with E-state index in [-0.39, 0.29) is 16.4 Å². The normalized spacial score (nSPS) is 19.7. The Morgan fingerprint density at radius 3 is 2.24 bits per heavy atom. The molecule has 0 bridgehead atoms. The zero-order valence-electron chi connectivity index (χ0n) is 17.7. The van der Waals surface area contributed by atoms with Gasteiger partial charge in [-0.15, -0.1) is 0 Å². The van der Waals surface area contributed by atoms with E-state index in [1.807, 2.05) is 0 Å². The van der Waals surface area contributed by atoms with Gasteiger partial charge in [-0.2, -0.15) is 4.31 Å². The molecule has 0 saturated carbocycles. The van der Waals surface area contributed by atoms with E-state index < -0.39 is 10.0 Å². The van der Waals surface area contributed by atoms with Crippen LogP contribution < -0.4 is 0 Å². The molecule has 0 radical (unpaired) electrons. The molecule has 2 aliphatic rings. The molecule has 2 fully saturated rings. The van der Waals surface area contributed by atoms with Crippen LogP contribution in [0.3, 0.4) is 0 Å². The summed E-state index contributed by atoms with van der Waals surface area (Å²) >= 11 is 6.28. The smallest absolute Gasteiger partial charge is 0.255 e. The average molecular weight is 442 g/mol. The maximum absolute atomic E-state index is 13.1. The van der Waals surface area contributed by atoms with Crippen LogP contribution in [0, 0.1) is 5.41 Å². The Bertz CT molecular complexity index is 837. The summed E-state index contributed by atoms with van der Waals surface area (Å²) in [5.74, 6) is -0.191. The fourth-order valence-electron chi connectivity index (χ4n) is 3.74. The van der Waals surface area contributed by atoms with Crippen molar-refractivity contribution in [1.29, 1.82) is 0 Å². The molecular weight excluding hydrogens is 410 g/mol. The van der Waals surface area contributed by atoms with Crippen molar-refractivity contribution in [1.82, 2.24) is 14.1 Å². The van der Waals surface area contributed by atoms with Gasteiger partial charge in [0, 0.05) is 39.3 Å². The standard InChI is InChI=1S/C21H32ClN3O3S/c1-21(2,3)8-11-23-12-14-24(15-13-23)20(26)18-16-17(6-7-19(18)22)29(27,28)25-9-4-5-10-25/h6-7,16H,4-5,8-15H2,1-3H3. The lowest BCUT2D eigenvalue weighted by molar-refractivity contribution is 0.0623. The maximum atomic E-state index is 13.1. The summed E-state index contributed by atoms with van der Waals surface area (Å²) in [5.41, 5.74) is 0.567. The highest BCUT2D eigenvalue weighted by molar-refractivity contribution is 7.89. The Labute approximate surface area is 179 Å². The molecular formula is C21H32ClN3O3S. The van der Waals surface area contributed by atoms with Crippen LogP contribution in [0.25, 0.3) is 0 Å². The summed E-state index contributed by atoms with van der Waals surface area (Å²) in [6.45, 7) is 11.7. The first-order valence-electron chi connectivity index (χ1n) is 10.4. The van der Waals surface area contributed by atoms with Gasteiger partial charge in [-0.1, -0.05) is 32.4 Å². The summed E-state index contributed by atoms with van der Waals surface area (Å²) in [4.78, 5) is 17.4. The first kappa shape index (κ1) is 22.5. The second-order valence-electron chi connectivity index (χ2n) is 9.20.